The Bertz CT molecular complexity index is 2410. The molecule has 3 nitrogen and oxygen atoms in total. The molecule has 0 aromatic carbocycles. The van der Waals surface area contributed by atoms with Crippen molar-refractivity contribution in [2.75, 3.05) is 52.2 Å². The maximum atomic E-state index is 13.2. The second-order valence-electron chi connectivity index (χ2n) is 48.1. The number of terminal acetylenes is 1. The highest BCUT2D eigenvalue weighted by molar-refractivity contribution is 8.00. The number of unbranched alkanes of at least 4 members (excludes halogenated alkanes) is 1. The number of alkyl halides is 8. The lowest BCUT2D eigenvalue weighted by atomic mass is 9.77. The van der Waals surface area contributed by atoms with Gasteiger partial charge in [0.2, 0.25) is 5.92 Å². The van der Waals surface area contributed by atoms with E-state index in [1.807, 2.05) is 13.8 Å². The molecule has 9 aliphatic carbocycles. The highest BCUT2D eigenvalue weighted by atomic mass is 32.2. The van der Waals surface area contributed by atoms with Crippen LogP contribution in [0.4, 0.5) is 35.1 Å². The molecular formula is C115H224F8O3S. The van der Waals surface area contributed by atoms with Gasteiger partial charge in [0.05, 0.1) is 13.2 Å². The zero-order chi connectivity index (χ0) is 99.1. The summed E-state index contributed by atoms with van der Waals surface area (Å²) < 4.78 is 115. The summed E-state index contributed by atoms with van der Waals surface area (Å²) >= 11 is 2.09. The molecule has 764 valence electrons. The Labute approximate surface area is 795 Å². The lowest BCUT2D eigenvalue weighted by Gasteiger charge is -2.35. The molecule has 2 saturated heterocycles. The van der Waals surface area contributed by atoms with E-state index in [1.165, 1.54) is 134 Å². The first-order valence-electron chi connectivity index (χ1n) is 53.0. The number of thioether (sulfide) groups is 1. The average molecular weight is 1840 g/mol. The summed E-state index contributed by atoms with van der Waals surface area (Å²) in [7, 11) is 3.46. The van der Waals surface area contributed by atoms with Crippen molar-refractivity contribution in [3.05, 3.63) is 24.8 Å². The van der Waals surface area contributed by atoms with Gasteiger partial charge in [-0.05, 0) is 282 Å². The van der Waals surface area contributed by atoms with Crippen molar-refractivity contribution in [1.82, 2.24) is 0 Å². The monoisotopic (exact) mass is 1840 g/mol. The van der Waals surface area contributed by atoms with Crippen molar-refractivity contribution in [2.45, 2.75) is 503 Å². The largest absolute Gasteiger partial charge is 0.385 e. The molecule has 8 saturated carbocycles. The van der Waals surface area contributed by atoms with Gasteiger partial charge in [-0.1, -0.05) is 318 Å². The van der Waals surface area contributed by atoms with Gasteiger partial charge >= 0.3 is 0 Å². The van der Waals surface area contributed by atoms with Crippen molar-refractivity contribution in [1.29, 1.82) is 0 Å². The molecule has 12 heteroatoms. The Morgan fingerprint density at radius 2 is 0.890 bits per heavy atom. The van der Waals surface area contributed by atoms with Crippen LogP contribution in [0.1, 0.15) is 473 Å². The predicted octanol–water partition coefficient (Wildman–Crippen LogP) is 39.6. The van der Waals surface area contributed by atoms with Crippen LogP contribution in [0.3, 0.4) is 0 Å². The Morgan fingerprint density at radius 3 is 1.02 bits per heavy atom. The third-order valence-electron chi connectivity index (χ3n) is 24.8. The molecule has 0 aromatic rings. The number of allylic oxidation sites excluding steroid dienone is 3. The molecular weight excluding hydrogens is 1610 g/mol. The second kappa shape index (κ2) is 74.8. The van der Waals surface area contributed by atoms with Gasteiger partial charge in [-0.2, -0.15) is 11.8 Å². The third-order valence-corrected chi connectivity index (χ3v) is 26.2. The quantitative estimate of drug-likeness (QED) is 0.0372. The molecule has 11 rings (SSSR count). The van der Waals surface area contributed by atoms with E-state index in [0.717, 1.165) is 198 Å². The molecule has 0 radical (unpaired) electrons. The van der Waals surface area contributed by atoms with Gasteiger partial charge in [0.25, 0.3) is 11.8 Å². The van der Waals surface area contributed by atoms with Gasteiger partial charge in [-0.3, -0.25) is 0 Å². The Balaban J connectivity index is -0.000000418. The summed E-state index contributed by atoms with van der Waals surface area (Å²) in [5, 5.41) is 0. The van der Waals surface area contributed by atoms with E-state index in [9.17, 15) is 35.1 Å². The van der Waals surface area contributed by atoms with E-state index < -0.39 is 35.0 Å². The Hall–Kier alpha value is -1.29. The summed E-state index contributed by atoms with van der Waals surface area (Å²) in [6.07, 6.45) is 50.9. The van der Waals surface area contributed by atoms with Crippen LogP contribution in [-0.4, -0.2) is 81.3 Å². The zero-order valence-electron chi connectivity index (χ0n) is 91.7. The zero-order valence-corrected chi connectivity index (χ0v) is 92.5. The van der Waals surface area contributed by atoms with E-state index in [2.05, 4.69) is 257 Å². The minimum absolute atomic E-state index is 0.130. The lowest BCUT2D eigenvalue weighted by Crippen LogP contribution is -2.37. The molecule has 3 atom stereocenters. The fourth-order valence-electron chi connectivity index (χ4n) is 16.2. The number of hydrogen-bond acceptors (Lipinski definition) is 4. The maximum Gasteiger partial charge on any atom is 0.253 e. The van der Waals surface area contributed by atoms with E-state index in [4.69, 9.17) is 20.6 Å². The molecule has 11 aliphatic rings. The predicted molar refractivity (Wildman–Crippen MR) is 553 cm³/mol. The number of hydrogen-bond donors (Lipinski definition) is 0. The van der Waals surface area contributed by atoms with Crippen LogP contribution in [-0.2, 0) is 14.2 Å². The summed E-state index contributed by atoms with van der Waals surface area (Å²) in [6.45, 7) is 83.6. The first-order chi connectivity index (χ1) is 58.6. The van der Waals surface area contributed by atoms with Gasteiger partial charge in [0.15, 0.2) is 0 Å². The topological polar surface area (TPSA) is 27.7 Å². The molecule has 0 amide bonds. The van der Waals surface area contributed by atoms with Crippen LogP contribution in [0.15, 0.2) is 24.8 Å². The van der Waals surface area contributed by atoms with Gasteiger partial charge < -0.3 is 14.2 Å². The van der Waals surface area contributed by atoms with Crippen LogP contribution in [0.5, 0.6) is 0 Å². The molecule has 0 N–H and O–H groups in total. The number of ether oxygens (including phenoxy) is 3. The fraction of sp³-hybridized carbons (Fsp3) is 0.948. The highest BCUT2D eigenvalue weighted by Crippen LogP contribution is 2.54. The van der Waals surface area contributed by atoms with Crippen molar-refractivity contribution in [3.63, 3.8) is 0 Å². The Morgan fingerprint density at radius 1 is 0.465 bits per heavy atom. The van der Waals surface area contributed by atoms with E-state index in [-0.39, 0.29) is 31.1 Å². The summed E-state index contributed by atoms with van der Waals surface area (Å²) in [4.78, 5) is 0. The average Bonchev–Trinajstić information content (AvgIpc) is 1.62. The molecule has 2 heterocycles. The third kappa shape index (κ3) is 87.2. The first kappa shape index (κ1) is 134. The van der Waals surface area contributed by atoms with Crippen molar-refractivity contribution >= 4 is 11.8 Å². The van der Waals surface area contributed by atoms with Crippen LogP contribution in [0, 0.1) is 159 Å². The molecule has 10 fully saturated rings. The minimum Gasteiger partial charge on any atom is -0.385 e. The molecule has 0 spiro atoms. The fourth-order valence-corrected chi connectivity index (χ4v) is 17.0. The summed E-state index contributed by atoms with van der Waals surface area (Å²) in [5.74, 6) is 13.0. The van der Waals surface area contributed by atoms with Crippen LogP contribution < -0.4 is 0 Å². The normalized spacial score (nSPS) is 20.9. The van der Waals surface area contributed by atoms with Crippen LogP contribution in [0.2, 0.25) is 0 Å². The number of rotatable bonds is 33. The van der Waals surface area contributed by atoms with Crippen molar-refractivity contribution < 1.29 is 49.3 Å². The number of halogens is 8. The van der Waals surface area contributed by atoms with E-state index in [0.29, 0.717) is 47.3 Å². The Kier molecular flexibility index (Phi) is 79.1. The van der Waals surface area contributed by atoms with Gasteiger partial charge in [-0.15, -0.1) is 18.9 Å². The van der Waals surface area contributed by atoms with Crippen molar-refractivity contribution in [2.24, 2.45) is 147 Å². The lowest BCUT2D eigenvalue weighted by molar-refractivity contribution is -0.122. The maximum absolute atomic E-state index is 13.2. The first-order valence-corrected chi connectivity index (χ1v) is 54.1. The highest BCUT2D eigenvalue weighted by Gasteiger charge is 2.56. The minimum atomic E-state index is -2.40. The van der Waals surface area contributed by atoms with Crippen molar-refractivity contribution in [3.8, 4) is 12.3 Å². The van der Waals surface area contributed by atoms with Crippen LogP contribution >= 0.6 is 11.8 Å². The van der Waals surface area contributed by atoms with E-state index in [1.54, 1.807) is 28.1 Å². The molecule has 3 unspecified atom stereocenters. The number of methoxy groups -OCH3 is 2. The second-order valence-corrected chi connectivity index (χ2v) is 49.1. The smallest absolute Gasteiger partial charge is 0.253 e. The SMILES string of the molecule is C#CCCC(C)C.C=CC1CC1(C)C.CC(C)C(F)(F)C1CCC1.CC(C)CC1(C)CC1.CC(C)CC1(F)CC1.CC(C)CC1(F)CCC1.CC(C)CC1C=CCC1.CC(C)CC1CC(F)(F)C1.CC(C)CC1CC1(F)F.CC(C)CC1CCC1.CC(C)CC1COC1.CC(C)CC1CSC1.CCCC(C)C.CCCCC(C)C.COCC(C)C.COCCC(C)C. The molecule has 0 bridgehead atoms. The molecule has 0 aromatic heterocycles. The summed E-state index contributed by atoms with van der Waals surface area (Å²) in [6, 6.07) is 0. The standard InChI is InChI=1S/C9H16.2C8H14F2.C8H15F.2C8H16.C7H12F2.C7H13F.C7H14O.C7H14S.C7H12.C7H16.C7H12.C6H14O.C6H14.C5H12O/c1-8(2)7-9-5-3-4-6-9;1-6(2)3-7-4-8(9,10)5-7;1-6(2)8(9,10)7-4-3-5-7;1-7(2)6-8(9)4-3-5-8;1-7(2)6-8(3)4-5-8;1-7(2)6-8-4-3-5-8;1-5(2)3-6-4-7(6,8)9;1-6(2)5-7(8)3-4-7;2*1-6(2)3-7-4-8-5-7;1-4-6-5-7(6,2)3;2*1-4-5-6-7(2)3;1-6(2)4-5-7-3;1-4-5-6(2)3;1-5(2)4-6-3/h3,5,8-9H,4,6-7H2,1-2H3;2*6-7H,3-5H2,1-2H3;7H,3-6H2,1-2H3;7H,4-6H2,1-3H3;7-8H,3-6H2,1-2H3;5-6H,3-4H2,1-2H3;6H,3-5H2,1-2H3;2*6-7H,3-5H2,1-2H3;4,6H,1,5H2,2-3H3;7H,4-6H2,1-3H3;1,7H,5-6H2,2-3H3;6H,4-5H2,1-3H3;6H,4-5H2,1-3H3;5H,4H2,1-3H3. The van der Waals surface area contributed by atoms with E-state index >= 15 is 0 Å². The molecule has 127 heavy (non-hydrogen) atoms. The van der Waals surface area contributed by atoms with Gasteiger partial charge in [0, 0.05) is 76.8 Å². The van der Waals surface area contributed by atoms with Crippen LogP contribution in [0.25, 0.3) is 0 Å². The summed E-state index contributed by atoms with van der Waals surface area (Å²) in [5.41, 5.74) is -0.113. The van der Waals surface area contributed by atoms with Gasteiger partial charge in [-0.25, -0.2) is 35.1 Å². The molecule has 2 aliphatic heterocycles. The van der Waals surface area contributed by atoms with Gasteiger partial charge in [0.1, 0.15) is 11.3 Å².